The van der Waals surface area contributed by atoms with E-state index >= 15 is 0 Å². The molecule has 0 aliphatic heterocycles. The Kier molecular flexibility index (Phi) is 7.85. The highest BCUT2D eigenvalue weighted by molar-refractivity contribution is 9.10. The van der Waals surface area contributed by atoms with Crippen molar-refractivity contribution in [2.45, 2.75) is 45.6 Å². The number of hydrogen-bond acceptors (Lipinski definition) is 2. The number of aliphatic hydroxyl groups excluding tert-OH is 1. The van der Waals surface area contributed by atoms with Gasteiger partial charge in [-0.2, -0.15) is 0 Å². The Bertz CT molecular complexity index is 423. The minimum atomic E-state index is -0.0166. The summed E-state index contributed by atoms with van der Waals surface area (Å²) in [5, 5.41) is 12.0. The SMILES string of the molecule is CCC(CCO)NC(=O)C(CC)Cc1cccc(Br)c1. The number of aliphatic hydroxyl groups is 1. The van der Waals surface area contributed by atoms with Gasteiger partial charge in [0.1, 0.15) is 0 Å². The van der Waals surface area contributed by atoms with E-state index < -0.39 is 0 Å². The molecule has 0 aliphatic carbocycles. The van der Waals surface area contributed by atoms with Crippen molar-refractivity contribution in [2.75, 3.05) is 6.61 Å². The fourth-order valence-electron chi connectivity index (χ4n) is 2.22. The summed E-state index contributed by atoms with van der Waals surface area (Å²) < 4.78 is 1.04. The number of carbonyl (C=O) groups excluding carboxylic acids is 1. The van der Waals surface area contributed by atoms with Crippen LogP contribution in [0.15, 0.2) is 28.7 Å². The Morgan fingerprint density at radius 2 is 2.10 bits per heavy atom. The first kappa shape index (κ1) is 17.2. The van der Waals surface area contributed by atoms with Gasteiger partial charge in [-0.15, -0.1) is 0 Å². The average molecular weight is 342 g/mol. The summed E-state index contributed by atoms with van der Waals surface area (Å²) in [5.74, 6) is 0.0739. The zero-order valence-electron chi connectivity index (χ0n) is 12.2. The van der Waals surface area contributed by atoms with Crippen molar-refractivity contribution >= 4 is 21.8 Å². The van der Waals surface area contributed by atoms with Crippen LogP contribution in [0.5, 0.6) is 0 Å². The number of amides is 1. The lowest BCUT2D eigenvalue weighted by Gasteiger charge is -2.20. The molecule has 2 unspecified atom stereocenters. The number of nitrogens with one attached hydrogen (secondary N) is 1. The van der Waals surface area contributed by atoms with Crippen molar-refractivity contribution < 1.29 is 9.90 Å². The Morgan fingerprint density at radius 1 is 1.35 bits per heavy atom. The summed E-state index contributed by atoms with van der Waals surface area (Å²) >= 11 is 3.45. The van der Waals surface area contributed by atoms with E-state index in [1.54, 1.807) is 0 Å². The monoisotopic (exact) mass is 341 g/mol. The predicted octanol–water partition coefficient (Wildman–Crippen LogP) is 3.30. The number of carbonyl (C=O) groups is 1. The minimum Gasteiger partial charge on any atom is -0.396 e. The Morgan fingerprint density at radius 3 is 2.65 bits per heavy atom. The molecule has 0 saturated heterocycles. The number of rotatable bonds is 8. The first-order valence-corrected chi connectivity index (χ1v) is 8.05. The largest absolute Gasteiger partial charge is 0.396 e. The molecule has 1 aromatic carbocycles. The van der Waals surface area contributed by atoms with Crippen LogP contribution in [0.4, 0.5) is 0 Å². The van der Waals surface area contributed by atoms with Crippen LogP contribution >= 0.6 is 15.9 Å². The van der Waals surface area contributed by atoms with Crippen LogP contribution in [0, 0.1) is 5.92 Å². The molecule has 0 aliphatic rings. The molecule has 0 radical (unpaired) electrons. The Labute approximate surface area is 129 Å². The van der Waals surface area contributed by atoms with Gasteiger partial charge in [0.25, 0.3) is 0 Å². The van der Waals surface area contributed by atoms with Gasteiger partial charge < -0.3 is 10.4 Å². The highest BCUT2D eigenvalue weighted by Gasteiger charge is 2.19. The highest BCUT2D eigenvalue weighted by atomic mass is 79.9. The van der Waals surface area contributed by atoms with Gasteiger partial charge in [0.2, 0.25) is 5.91 Å². The normalized spacial score (nSPS) is 13.8. The second-order valence-electron chi connectivity index (χ2n) is 5.07. The van der Waals surface area contributed by atoms with Crippen LogP contribution in [0.2, 0.25) is 0 Å². The first-order valence-electron chi connectivity index (χ1n) is 7.26. The van der Waals surface area contributed by atoms with Crippen molar-refractivity contribution in [3.05, 3.63) is 34.3 Å². The van der Waals surface area contributed by atoms with Crippen molar-refractivity contribution in [3.8, 4) is 0 Å². The van der Waals surface area contributed by atoms with Crippen molar-refractivity contribution in [2.24, 2.45) is 5.92 Å². The zero-order chi connectivity index (χ0) is 15.0. The van der Waals surface area contributed by atoms with Crippen molar-refractivity contribution in [1.29, 1.82) is 0 Å². The van der Waals surface area contributed by atoms with Crippen molar-refractivity contribution in [1.82, 2.24) is 5.32 Å². The van der Waals surface area contributed by atoms with E-state index in [9.17, 15) is 4.79 Å². The Balaban J connectivity index is 2.63. The van der Waals surface area contributed by atoms with Gasteiger partial charge in [-0.1, -0.05) is 41.9 Å². The molecule has 112 valence electrons. The fraction of sp³-hybridized carbons (Fsp3) is 0.562. The van der Waals surface area contributed by atoms with Gasteiger partial charge in [-0.3, -0.25) is 4.79 Å². The standard InChI is InChI=1S/C16H24BrNO2/c1-3-13(10-12-6-5-7-14(17)11-12)16(20)18-15(4-2)8-9-19/h5-7,11,13,15,19H,3-4,8-10H2,1-2H3,(H,18,20). The first-order chi connectivity index (χ1) is 9.60. The molecule has 0 aromatic heterocycles. The third kappa shape index (κ3) is 5.63. The van der Waals surface area contributed by atoms with E-state index in [4.69, 9.17) is 5.11 Å². The molecule has 2 atom stereocenters. The molecule has 1 aromatic rings. The van der Waals surface area contributed by atoms with Crippen LogP contribution in [0.25, 0.3) is 0 Å². The van der Waals surface area contributed by atoms with Gasteiger partial charge >= 0.3 is 0 Å². The van der Waals surface area contributed by atoms with E-state index in [2.05, 4.69) is 27.3 Å². The second kappa shape index (κ2) is 9.14. The van der Waals surface area contributed by atoms with Crippen LogP contribution in [-0.4, -0.2) is 23.7 Å². The number of benzene rings is 1. The lowest BCUT2D eigenvalue weighted by molar-refractivity contribution is -0.125. The summed E-state index contributed by atoms with van der Waals surface area (Å²) in [4.78, 5) is 12.3. The molecule has 20 heavy (non-hydrogen) atoms. The molecule has 1 rings (SSSR count). The molecule has 0 fully saturated rings. The number of halogens is 1. The predicted molar refractivity (Wildman–Crippen MR) is 85.6 cm³/mol. The molecule has 0 saturated carbocycles. The van der Waals surface area contributed by atoms with Crippen molar-refractivity contribution in [3.63, 3.8) is 0 Å². The average Bonchev–Trinajstić information content (AvgIpc) is 2.44. The second-order valence-corrected chi connectivity index (χ2v) is 5.98. The maximum Gasteiger partial charge on any atom is 0.223 e. The molecule has 0 bridgehead atoms. The van der Waals surface area contributed by atoms with Crippen LogP contribution in [-0.2, 0) is 11.2 Å². The van der Waals surface area contributed by atoms with Gasteiger partial charge in [0.05, 0.1) is 0 Å². The van der Waals surface area contributed by atoms with Gasteiger partial charge in [-0.25, -0.2) is 0 Å². The van der Waals surface area contributed by atoms with E-state index in [1.807, 2.05) is 32.0 Å². The molecule has 0 heterocycles. The molecular formula is C16H24BrNO2. The zero-order valence-corrected chi connectivity index (χ0v) is 13.8. The lowest BCUT2D eigenvalue weighted by atomic mass is 9.95. The van der Waals surface area contributed by atoms with Gasteiger partial charge in [0, 0.05) is 23.0 Å². The number of hydrogen-bond donors (Lipinski definition) is 2. The van der Waals surface area contributed by atoms with Crippen LogP contribution in [0.3, 0.4) is 0 Å². The summed E-state index contributed by atoms with van der Waals surface area (Å²) in [6.45, 7) is 4.17. The highest BCUT2D eigenvalue weighted by Crippen LogP contribution is 2.17. The van der Waals surface area contributed by atoms with E-state index in [0.717, 1.165) is 29.3 Å². The third-order valence-corrected chi connectivity index (χ3v) is 4.04. The molecule has 0 spiro atoms. The topological polar surface area (TPSA) is 49.3 Å². The molecule has 1 amide bonds. The summed E-state index contributed by atoms with van der Waals surface area (Å²) in [5.41, 5.74) is 1.16. The van der Waals surface area contributed by atoms with E-state index in [-0.39, 0.29) is 24.5 Å². The third-order valence-electron chi connectivity index (χ3n) is 3.55. The summed E-state index contributed by atoms with van der Waals surface area (Å²) in [7, 11) is 0. The lowest BCUT2D eigenvalue weighted by Crippen LogP contribution is -2.39. The minimum absolute atomic E-state index is 0.0166. The quantitative estimate of drug-likeness (QED) is 0.762. The van der Waals surface area contributed by atoms with E-state index in [1.165, 1.54) is 0 Å². The van der Waals surface area contributed by atoms with Gasteiger partial charge in [-0.05, 0) is 43.4 Å². The van der Waals surface area contributed by atoms with Gasteiger partial charge in [0.15, 0.2) is 0 Å². The summed E-state index contributed by atoms with van der Waals surface area (Å²) in [6.07, 6.45) is 3.03. The Hall–Kier alpha value is -0.870. The molecule has 2 N–H and O–H groups in total. The van der Waals surface area contributed by atoms with E-state index in [0.29, 0.717) is 6.42 Å². The molecular weight excluding hydrogens is 318 g/mol. The maximum absolute atomic E-state index is 12.3. The molecule has 3 nitrogen and oxygen atoms in total. The summed E-state index contributed by atoms with van der Waals surface area (Å²) in [6, 6.07) is 8.15. The fourth-order valence-corrected chi connectivity index (χ4v) is 2.67. The smallest absolute Gasteiger partial charge is 0.223 e. The van der Waals surface area contributed by atoms with Crippen LogP contribution in [0.1, 0.15) is 38.7 Å². The maximum atomic E-state index is 12.3. The molecule has 4 heteroatoms. The van der Waals surface area contributed by atoms with Crippen LogP contribution < -0.4 is 5.32 Å².